The number of hydrogen-bond donors (Lipinski definition) is 1. The monoisotopic (exact) mass is 284 g/mol. The van der Waals surface area contributed by atoms with Crippen molar-refractivity contribution in [1.29, 1.82) is 0 Å². The molecule has 0 saturated heterocycles. The van der Waals surface area contributed by atoms with Gasteiger partial charge in [-0.1, -0.05) is 37.6 Å². The Kier molecular flexibility index (Phi) is 4.97. The molecule has 2 aromatic rings. The maximum Gasteiger partial charge on any atom is 0.255 e. The fourth-order valence-electron chi connectivity index (χ4n) is 2.43. The molecule has 0 spiro atoms. The summed E-state index contributed by atoms with van der Waals surface area (Å²) in [7, 11) is 0. The number of hydrogen-bond acceptors (Lipinski definition) is 2. The summed E-state index contributed by atoms with van der Waals surface area (Å²) in [6.07, 6.45) is 3.91. The van der Waals surface area contributed by atoms with Crippen molar-refractivity contribution < 1.29 is 0 Å². The number of aryl methyl sites for hydroxylation is 3. The van der Waals surface area contributed by atoms with E-state index in [2.05, 4.69) is 32.9 Å². The molecule has 0 aliphatic heterocycles. The zero-order valence-corrected chi connectivity index (χ0v) is 13.1. The van der Waals surface area contributed by atoms with Crippen LogP contribution in [-0.2, 0) is 6.54 Å². The van der Waals surface area contributed by atoms with Crippen molar-refractivity contribution in [3.63, 3.8) is 0 Å². The smallest absolute Gasteiger partial charge is 0.255 e. The Bertz CT molecular complexity index is 673. The molecular formula is C18H24N2O. The number of nitrogens with zero attached hydrogens (tertiary/aromatic N) is 1. The number of aromatic nitrogens is 1. The van der Waals surface area contributed by atoms with Gasteiger partial charge < -0.3 is 10.3 Å². The van der Waals surface area contributed by atoms with Gasteiger partial charge >= 0.3 is 0 Å². The van der Waals surface area contributed by atoms with Crippen molar-refractivity contribution in [3.05, 3.63) is 69.1 Å². The number of unbranched alkanes of at least 4 members (excludes halogenated alkanes) is 1. The van der Waals surface area contributed by atoms with Gasteiger partial charge in [0.25, 0.3) is 5.56 Å². The second-order valence-corrected chi connectivity index (χ2v) is 5.64. The summed E-state index contributed by atoms with van der Waals surface area (Å²) in [5.74, 6) is 0. The molecule has 1 aromatic carbocycles. The minimum absolute atomic E-state index is 0.0247. The summed E-state index contributed by atoms with van der Waals surface area (Å²) in [6, 6.07) is 9.52. The van der Waals surface area contributed by atoms with Crippen molar-refractivity contribution in [2.45, 2.75) is 46.2 Å². The third-order valence-corrected chi connectivity index (χ3v) is 4.03. The molecule has 1 unspecified atom stereocenters. The van der Waals surface area contributed by atoms with Crippen LogP contribution in [0.1, 0.15) is 48.1 Å². The summed E-state index contributed by atoms with van der Waals surface area (Å²) in [5.41, 5.74) is 10.4. The Balaban J connectivity index is 2.36. The molecule has 2 N–H and O–H groups in total. The first-order valence-corrected chi connectivity index (χ1v) is 7.56. The molecular weight excluding hydrogens is 260 g/mol. The molecule has 0 fully saturated rings. The first-order valence-electron chi connectivity index (χ1n) is 7.56. The van der Waals surface area contributed by atoms with Gasteiger partial charge in [-0.3, -0.25) is 4.79 Å². The molecule has 0 aliphatic rings. The van der Waals surface area contributed by atoms with Crippen LogP contribution in [0.5, 0.6) is 0 Å². The molecule has 0 bridgehead atoms. The number of nitrogens with two attached hydrogens (primary N) is 1. The van der Waals surface area contributed by atoms with E-state index in [9.17, 15) is 4.79 Å². The van der Waals surface area contributed by atoms with E-state index in [0.717, 1.165) is 24.9 Å². The molecule has 0 amide bonds. The van der Waals surface area contributed by atoms with Crippen molar-refractivity contribution in [2.75, 3.05) is 0 Å². The van der Waals surface area contributed by atoms with Crippen molar-refractivity contribution in [3.8, 4) is 0 Å². The fraction of sp³-hybridized carbons (Fsp3) is 0.389. The Morgan fingerprint density at radius 1 is 1.19 bits per heavy atom. The van der Waals surface area contributed by atoms with E-state index < -0.39 is 0 Å². The Hall–Kier alpha value is -1.87. The van der Waals surface area contributed by atoms with E-state index in [1.165, 1.54) is 11.1 Å². The second-order valence-electron chi connectivity index (χ2n) is 5.64. The van der Waals surface area contributed by atoms with Crippen LogP contribution in [0, 0.1) is 13.8 Å². The maximum absolute atomic E-state index is 12.5. The Morgan fingerprint density at radius 3 is 2.62 bits per heavy atom. The molecule has 2 rings (SSSR count). The Morgan fingerprint density at radius 2 is 1.95 bits per heavy atom. The highest BCUT2D eigenvalue weighted by atomic mass is 16.1. The average Bonchev–Trinajstić information content (AvgIpc) is 2.48. The highest BCUT2D eigenvalue weighted by Crippen LogP contribution is 2.19. The van der Waals surface area contributed by atoms with Gasteiger partial charge in [-0.25, -0.2) is 0 Å². The first-order chi connectivity index (χ1) is 10.0. The lowest BCUT2D eigenvalue weighted by Gasteiger charge is -2.15. The predicted octanol–water partition coefficient (Wildman–Crippen LogP) is 3.31. The summed E-state index contributed by atoms with van der Waals surface area (Å²) < 4.78 is 1.76. The van der Waals surface area contributed by atoms with Crippen molar-refractivity contribution >= 4 is 0 Å². The van der Waals surface area contributed by atoms with E-state index in [1.807, 2.05) is 24.4 Å². The van der Waals surface area contributed by atoms with Crippen LogP contribution >= 0.6 is 0 Å². The SMILES string of the molecule is CCCCn1cccc(C(N)c2ccc(C)c(C)c2)c1=O. The van der Waals surface area contributed by atoms with Crippen LogP contribution in [0.4, 0.5) is 0 Å². The molecule has 21 heavy (non-hydrogen) atoms. The lowest BCUT2D eigenvalue weighted by Crippen LogP contribution is -2.28. The van der Waals surface area contributed by atoms with E-state index in [1.54, 1.807) is 4.57 Å². The minimum Gasteiger partial charge on any atom is -0.320 e. The fourth-order valence-corrected chi connectivity index (χ4v) is 2.43. The summed E-state index contributed by atoms with van der Waals surface area (Å²) in [6.45, 7) is 7.01. The van der Waals surface area contributed by atoms with Gasteiger partial charge in [0, 0.05) is 18.3 Å². The van der Waals surface area contributed by atoms with E-state index in [4.69, 9.17) is 5.73 Å². The van der Waals surface area contributed by atoms with Gasteiger partial charge in [-0.05, 0) is 43.0 Å². The van der Waals surface area contributed by atoms with Gasteiger partial charge in [-0.2, -0.15) is 0 Å². The predicted molar refractivity (Wildman–Crippen MR) is 87.6 cm³/mol. The first kappa shape index (κ1) is 15.5. The number of rotatable bonds is 5. The topological polar surface area (TPSA) is 48.0 Å². The van der Waals surface area contributed by atoms with E-state index in [0.29, 0.717) is 5.56 Å². The van der Waals surface area contributed by atoms with Crippen LogP contribution < -0.4 is 11.3 Å². The van der Waals surface area contributed by atoms with Crippen molar-refractivity contribution in [1.82, 2.24) is 4.57 Å². The maximum atomic E-state index is 12.5. The van der Waals surface area contributed by atoms with Gasteiger partial charge in [-0.15, -0.1) is 0 Å². The normalized spacial score (nSPS) is 12.4. The minimum atomic E-state index is -0.370. The molecule has 3 nitrogen and oxygen atoms in total. The molecule has 1 heterocycles. The third-order valence-electron chi connectivity index (χ3n) is 4.03. The molecule has 1 atom stereocenters. The van der Waals surface area contributed by atoms with Crippen LogP contribution in [0.3, 0.4) is 0 Å². The third kappa shape index (κ3) is 3.42. The molecule has 0 radical (unpaired) electrons. The second kappa shape index (κ2) is 6.72. The van der Waals surface area contributed by atoms with Gasteiger partial charge in [0.2, 0.25) is 0 Å². The highest BCUT2D eigenvalue weighted by molar-refractivity contribution is 5.36. The average molecular weight is 284 g/mol. The lowest BCUT2D eigenvalue weighted by molar-refractivity contribution is 0.604. The summed E-state index contributed by atoms with van der Waals surface area (Å²) in [5, 5.41) is 0. The van der Waals surface area contributed by atoms with E-state index >= 15 is 0 Å². The number of pyridine rings is 1. The van der Waals surface area contributed by atoms with Gasteiger partial charge in [0.15, 0.2) is 0 Å². The standard InChI is InChI=1S/C18H24N2O/c1-4-5-10-20-11-6-7-16(18(20)21)17(19)15-9-8-13(2)14(3)12-15/h6-9,11-12,17H,4-5,10,19H2,1-3H3. The molecule has 3 heteroatoms. The summed E-state index contributed by atoms with van der Waals surface area (Å²) in [4.78, 5) is 12.5. The summed E-state index contributed by atoms with van der Waals surface area (Å²) >= 11 is 0. The lowest BCUT2D eigenvalue weighted by atomic mass is 9.97. The van der Waals surface area contributed by atoms with Crippen LogP contribution in [-0.4, -0.2) is 4.57 Å². The van der Waals surface area contributed by atoms with Crippen LogP contribution in [0.15, 0.2) is 41.3 Å². The van der Waals surface area contributed by atoms with Crippen LogP contribution in [0.25, 0.3) is 0 Å². The van der Waals surface area contributed by atoms with Gasteiger partial charge in [0.05, 0.1) is 6.04 Å². The van der Waals surface area contributed by atoms with Gasteiger partial charge in [0.1, 0.15) is 0 Å². The molecule has 0 aliphatic carbocycles. The zero-order valence-electron chi connectivity index (χ0n) is 13.1. The quantitative estimate of drug-likeness (QED) is 0.915. The molecule has 1 aromatic heterocycles. The largest absolute Gasteiger partial charge is 0.320 e. The van der Waals surface area contributed by atoms with Crippen LogP contribution in [0.2, 0.25) is 0 Å². The zero-order chi connectivity index (χ0) is 15.4. The Labute approximate surface area is 126 Å². The molecule has 0 saturated carbocycles. The van der Waals surface area contributed by atoms with Crippen molar-refractivity contribution in [2.24, 2.45) is 5.73 Å². The highest BCUT2D eigenvalue weighted by Gasteiger charge is 2.14. The number of benzene rings is 1. The molecule has 112 valence electrons. The van der Waals surface area contributed by atoms with E-state index in [-0.39, 0.29) is 11.6 Å².